The van der Waals surface area contributed by atoms with Crippen LogP contribution >= 0.6 is 11.3 Å². The lowest BCUT2D eigenvalue weighted by atomic mass is 9.84. The van der Waals surface area contributed by atoms with Crippen molar-refractivity contribution in [2.45, 2.75) is 75.8 Å². The number of aliphatic hydroxyl groups is 1. The fourth-order valence-electron chi connectivity index (χ4n) is 6.05. The molecule has 3 aliphatic rings. The second-order valence-electron chi connectivity index (χ2n) is 13.1. The maximum absolute atomic E-state index is 13.5. The molecule has 3 unspecified atom stereocenters. The number of aromatic nitrogens is 1. The highest BCUT2D eigenvalue weighted by Crippen LogP contribution is 2.35. The molecule has 2 amide bonds. The van der Waals surface area contributed by atoms with Gasteiger partial charge in [0, 0.05) is 23.5 Å². The van der Waals surface area contributed by atoms with E-state index in [-0.39, 0.29) is 29.9 Å². The fraction of sp³-hybridized carbons (Fsp3) is 0.533. The highest BCUT2D eigenvalue weighted by atomic mass is 32.3. The number of fused-ring (bicyclic) bond motifs is 1. The van der Waals surface area contributed by atoms with Crippen molar-refractivity contribution >= 4 is 56.2 Å². The number of ether oxygens (including phenoxy) is 1. The van der Waals surface area contributed by atoms with Gasteiger partial charge in [-0.15, -0.1) is 15.6 Å². The standard InChI is InChI=1S/C30H40N8O11S2/c1-29(2)23(26(41)38(29)49-51(44,45)46)36-25(40)22(19-14-50-28(32)35-19)37-48-30(3,27(42)43)21-7-5-16-11-17(4-6-20(16)47-21)24(31)34-12-15-8-9-33-18(10-15)13-39/h4,6,11,14-15,18,21,23,33,39H,5,7-10,12-13H2,1-3H3,(H2,31,34)(H2,32,35)(H,36,40)(H,42,43)(H,44,45,46)/t15-,18+,21?,23?,30?/m0/s1. The molecule has 1 aromatic heterocycles. The minimum Gasteiger partial charge on any atom is -0.485 e. The molecule has 3 aliphatic heterocycles. The van der Waals surface area contributed by atoms with E-state index in [1.165, 1.54) is 26.2 Å². The largest absolute Gasteiger partial charge is 0.485 e. The third-order valence-corrected chi connectivity index (χ3v) is 10.1. The summed E-state index contributed by atoms with van der Waals surface area (Å²) < 4.78 is 41.8. The van der Waals surface area contributed by atoms with E-state index in [9.17, 15) is 33.0 Å². The van der Waals surface area contributed by atoms with Gasteiger partial charge in [-0.1, -0.05) is 5.16 Å². The number of rotatable bonds is 13. The number of amides is 2. The molecule has 2 saturated heterocycles. The number of carboxylic acids is 1. The minimum atomic E-state index is -5.03. The number of nitrogens with zero attached hydrogens (tertiary/aromatic N) is 4. The monoisotopic (exact) mass is 752 g/mol. The Morgan fingerprint density at radius 2 is 2.06 bits per heavy atom. The molecular weight excluding hydrogens is 713 g/mol. The summed E-state index contributed by atoms with van der Waals surface area (Å²) in [6.07, 6.45) is 1.23. The number of amidine groups is 1. The number of aliphatic imine (C=N–C) groups is 1. The zero-order valence-electron chi connectivity index (χ0n) is 27.9. The lowest BCUT2D eigenvalue weighted by Gasteiger charge is -2.50. The molecule has 0 spiro atoms. The number of thiazole rings is 1. The second-order valence-corrected chi connectivity index (χ2v) is 15.0. The van der Waals surface area contributed by atoms with Crippen molar-refractivity contribution in [2.75, 3.05) is 25.4 Å². The van der Waals surface area contributed by atoms with Gasteiger partial charge in [-0.25, -0.2) is 9.78 Å². The number of nitrogen functional groups attached to an aromatic ring is 1. The molecule has 2 aromatic rings. The molecule has 5 rings (SSSR count). The second kappa shape index (κ2) is 14.7. The molecule has 51 heavy (non-hydrogen) atoms. The van der Waals surface area contributed by atoms with Crippen molar-refractivity contribution in [2.24, 2.45) is 21.8 Å². The van der Waals surface area contributed by atoms with Crippen molar-refractivity contribution in [1.82, 2.24) is 20.7 Å². The first-order chi connectivity index (χ1) is 23.9. The number of hydroxylamine groups is 2. The van der Waals surface area contributed by atoms with Crippen LogP contribution in [0.3, 0.4) is 0 Å². The van der Waals surface area contributed by atoms with Crippen molar-refractivity contribution in [3.8, 4) is 5.75 Å². The number of hydrogen-bond donors (Lipinski definition) is 7. The van der Waals surface area contributed by atoms with Gasteiger partial charge < -0.3 is 41.9 Å². The third-order valence-electron chi connectivity index (χ3n) is 9.11. The molecular formula is C30H40N8O11S2. The Balaban J connectivity index is 1.31. The molecule has 19 nitrogen and oxygen atoms in total. The van der Waals surface area contributed by atoms with Crippen molar-refractivity contribution in [1.29, 1.82) is 0 Å². The Morgan fingerprint density at radius 3 is 2.69 bits per heavy atom. The molecule has 1 aromatic carbocycles. The van der Waals surface area contributed by atoms with Gasteiger partial charge in [0.15, 0.2) is 16.9 Å². The Kier molecular flexibility index (Phi) is 10.9. The maximum Gasteiger partial charge on any atom is 0.418 e. The number of aryl methyl sites for hydroxylation is 1. The zero-order valence-corrected chi connectivity index (χ0v) is 29.6. The number of piperidine rings is 1. The van der Waals surface area contributed by atoms with Crippen LogP contribution in [0.2, 0.25) is 0 Å². The Bertz CT molecular complexity index is 1850. The van der Waals surface area contributed by atoms with Gasteiger partial charge in [0.2, 0.25) is 0 Å². The number of carbonyl (C=O) groups is 3. The predicted molar refractivity (Wildman–Crippen MR) is 182 cm³/mol. The van der Waals surface area contributed by atoms with E-state index in [4.69, 9.17) is 25.6 Å². The van der Waals surface area contributed by atoms with Gasteiger partial charge in [-0.2, -0.15) is 13.5 Å². The lowest BCUT2D eigenvalue weighted by molar-refractivity contribution is -0.218. The number of aliphatic carboxylic acids is 1. The molecule has 0 radical (unpaired) electrons. The molecule has 0 saturated carbocycles. The SMILES string of the molecule is CC(ON=C(C(=O)NC1C(=O)N(OS(=O)(=O)O)C1(C)C)c1csc(N)n1)(C(=O)O)C1CCc2cc(C(N)=NC[C@H]3CCN[C@@H](CO)C3)ccc2O1. The van der Waals surface area contributed by atoms with Crippen molar-refractivity contribution in [3.05, 3.63) is 40.4 Å². The van der Waals surface area contributed by atoms with E-state index in [2.05, 4.69) is 30.0 Å². The number of carboxylic acid groups (broad SMARTS) is 1. The summed E-state index contributed by atoms with van der Waals surface area (Å²) in [6, 6.07) is 3.92. The van der Waals surface area contributed by atoms with Crippen LogP contribution in [0.15, 0.2) is 33.7 Å². The molecule has 2 fully saturated rings. The summed E-state index contributed by atoms with van der Waals surface area (Å²) in [4.78, 5) is 53.0. The molecule has 0 bridgehead atoms. The summed E-state index contributed by atoms with van der Waals surface area (Å²) in [6.45, 7) is 5.37. The van der Waals surface area contributed by atoms with Crippen LogP contribution in [-0.2, 0) is 40.3 Å². The summed E-state index contributed by atoms with van der Waals surface area (Å²) >= 11 is 0.961. The Labute approximate surface area is 296 Å². The van der Waals surface area contributed by atoms with E-state index < -0.39 is 57.2 Å². The first kappa shape index (κ1) is 37.8. The molecule has 9 N–H and O–H groups in total. The molecule has 5 atom stereocenters. The quantitative estimate of drug-likeness (QED) is 0.0450. The number of β-lactam (4-membered cyclic amide) rings is 1. The first-order valence-electron chi connectivity index (χ1n) is 15.9. The molecule has 4 heterocycles. The van der Waals surface area contributed by atoms with E-state index in [1.807, 2.05) is 6.07 Å². The van der Waals surface area contributed by atoms with Gasteiger partial charge >= 0.3 is 16.4 Å². The number of benzene rings is 1. The van der Waals surface area contributed by atoms with Gasteiger partial charge in [-0.05, 0) is 82.7 Å². The number of hydrogen-bond acceptors (Lipinski definition) is 15. The molecule has 278 valence electrons. The van der Waals surface area contributed by atoms with E-state index in [0.717, 1.165) is 36.3 Å². The Morgan fingerprint density at radius 1 is 1.31 bits per heavy atom. The van der Waals surface area contributed by atoms with Crippen LogP contribution in [0.25, 0.3) is 0 Å². The number of oxime groups is 1. The topological polar surface area (TPSA) is 291 Å². The van der Waals surface area contributed by atoms with Crippen molar-refractivity contribution in [3.63, 3.8) is 0 Å². The van der Waals surface area contributed by atoms with Crippen LogP contribution in [-0.4, -0.2) is 112 Å². The van der Waals surface area contributed by atoms with Crippen LogP contribution < -0.4 is 26.8 Å². The van der Waals surface area contributed by atoms with E-state index >= 15 is 0 Å². The highest BCUT2D eigenvalue weighted by molar-refractivity contribution is 7.80. The van der Waals surface area contributed by atoms with E-state index in [0.29, 0.717) is 41.1 Å². The maximum atomic E-state index is 13.5. The van der Waals surface area contributed by atoms with Crippen LogP contribution in [0.4, 0.5) is 5.13 Å². The van der Waals surface area contributed by atoms with Gasteiger partial charge in [0.1, 0.15) is 23.3 Å². The predicted octanol–water partition coefficient (Wildman–Crippen LogP) is -0.411. The summed E-state index contributed by atoms with van der Waals surface area (Å²) in [5, 5.41) is 31.1. The Hall–Kier alpha value is -4.41. The molecule has 0 aliphatic carbocycles. The highest BCUT2D eigenvalue weighted by Gasteiger charge is 2.58. The normalized spacial score (nSPS) is 24.8. The van der Waals surface area contributed by atoms with Crippen molar-refractivity contribution < 1.29 is 51.4 Å². The number of aliphatic hydroxyl groups excluding tert-OH is 1. The van der Waals surface area contributed by atoms with Crippen LogP contribution in [0.1, 0.15) is 56.9 Å². The van der Waals surface area contributed by atoms with Gasteiger partial charge in [0.25, 0.3) is 17.4 Å². The zero-order chi connectivity index (χ0) is 37.3. The van der Waals surface area contributed by atoms with Crippen LogP contribution in [0, 0.1) is 5.92 Å². The number of nitrogens with two attached hydrogens (primary N) is 2. The third kappa shape index (κ3) is 8.23. The summed E-state index contributed by atoms with van der Waals surface area (Å²) in [5.41, 5.74) is 9.35. The average molecular weight is 753 g/mol. The first-order valence-corrected chi connectivity index (χ1v) is 18.1. The van der Waals surface area contributed by atoms with Crippen LogP contribution in [0.5, 0.6) is 5.75 Å². The number of carbonyl (C=O) groups excluding carboxylic acids is 2. The smallest absolute Gasteiger partial charge is 0.418 e. The summed E-state index contributed by atoms with van der Waals surface area (Å²) in [5.74, 6) is -2.42. The van der Waals surface area contributed by atoms with Gasteiger partial charge in [0.05, 0.1) is 12.1 Å². The number of anilines is 1. The van der Waals surface area contributed by atoms with Gasteiger partial charge in [-0.3, -0.25) is 19.1 Å². The summed E-state index contributed by atoms with van der Waals surface area (Å²) in [7, 11) is -5.03. The lowest BCUT2D eigenvalue weighted by Crippen LogP contribution is -2.76. The average Bonchev–Trinajstić information content (AvgIpc) is 3.52. The van der Waals surface area contributed by atoms with E-state index in [1.54, 1.807) is 12.1 Å². The minimum absolute atomic E-state index is 0.0465. The fourth-order valence-corrected chi connectivity index (χ4v) is 7.05. The molecule has 21 heteroatoms. The number of nitrogens with one attached hydrogen (secondary N) is 2.